The maximum Gasteiger partial charge on any atom is 0.251 e. The third-order valence-electron chi connectivity index (χ3n) is 4.71. The Morgan fingerprint density at radius 1 is 1.40 bits per heavy atom. The molecule has 3 unspecified atom stereocenters. The third kappa shape index (κ3) is 1.83. The Kier molecular flexibility index (Phi) is 2.60. The van der Waals surface area contributed by atoms with Crippen LogP contribution in [0, 0.1) is 12.8 Å². The second-order valence-electron chi connectivity index (χ2n) is 6.05. The number of carbonyl (C=O) groups excluding carboxylic acids is 1. The van der Waals surface area contributed by atoms with Gasteiger partial charge in [0.2, 0.25) is 0 Å². The molecule has 1 aromatic carbocycles. The largest absolute Gasteiger partial charge is 0.464 e. The van der Waals surface area contributed by atoms with E-state index in [9.17, 15) is 4.79 Å². The first-order valence-corrected chi connectivity index (χ1v) is 7.23. The summed E-state index contributed by atoms with van der Waals surface area (Å²) in [4.78, 5) is 12.4. The van der Waals surface area contributed by atoms with Crippen LogP contribution in [-0.2, 0) is 0 Å². The molecule has 4 rings (SSSR count). The molecule has 1 saturated heterocycles. The van der Waals surface area contributed by atoms with Gasteiger partial charge >= 0.3 is 0 Å². The van der Waals surface area contributed by atoms with Gasteiger partial charge in [0, 0.05) is 29.6 Å². The van der Waals surface area contributed by atoms with E-state index in [4.69, 9.17) is 4.42 Å². The van der Waals surface area contributed by atoms with Crippen molar-refractivity contribution in [3.05, 3.63) is 35.6 Å². The molecule has 1 aliphatic heterocycles. The summed E-state index contributed by atoms with van der Waals surface area (Å²) in [5.41, 5.74) is 2.62. The first-order valence-electron chi connectivity index (χ1n) is 7.23. The van der Waals surface area contributed by atoms with Gasteiger partial charge in [-0.2, -0.15) is 0 Å². The van der Waals surface area contributed by atoms with E-state index in [2.05, 4.69) is 10.6 Å². The second kappa shape index (κ2) is 4.35. The molecule has 2 aliphatic rings. The van der Waals surface area contributed by atoms with Crippen LogP contribution >= 0.6 is 0 Å². The summed E-state index contributed by atoms with van der Waals surface area (Å²) in [6.07, 6.45) is 3.99. The minimum atomic E-state index is 0.0325. The molecule has 4 heteroatoms. The normalized spacial score (nSPS) is 28.1. The summed E-state index contributed by atoms with van der Waals surface area (Å²) >= 11 is 0. The number of benzene rings is 1. The van der Waals surface area contributed by atoms with Gasteiger partial charge in [-0.1, -0.05) is 0 Å². The predicted octanol–water partition coefficient (Wildman–Crippen LogP) is 2.22. The van der Waals surface area contributed by atoms with Crippen LogP contribution in [0.2, 0.25) is 0 Å². The maximum atomic E-state index is 12.4. The van der Waals surface area contributed by atoms with Gasteiger partial charge in [0.05, 0.1) is 6.26 Å². The second-order valence-corrected chi connectivity index (χ2v) is 6.05. The number of rotatable bonds is 2. The summed E-state index contributed by atoms with van der Waals surface area (Å²) in [5.74, 6) is 0.633. The summed E-state index contributed by atoms with van der Waals surface area (Å²) < 4.78 is 5.42. The molecule has 0 radical (unpaired) electrons. The molecule has 2 bridgehead atoms. The van der Waals surface area contributed by atoms with Gasteiger partial charge < -0.3 is 15.1 Å². The van der Waals surface area contributed by atoms with Crippen molar-refractivity contribution in [2.45, 2.75) is 31.8 Å². The van der Waals surface area contributed by atoms with Crippen LogP contribution in [-0.4, -0.2) is 24.5 Å². The van der Waals surface area contributed by atoms with Crippen molar-refractivity contribution in [1.29, 1.82) is 0 Å². The molecule has 1 amide bonds. The van der Waals surface area contributed by atoms with Gasteiger partial charge in [-0.15, -0.1) is 0 Å². The fraction of sp³-hybridized carbons (Fsp3) is 0.438. The molecular weight excluding hydrogens is 252 g/mol. The van der Waals surface area contributed by atoms with Gasteiger partial charge in [0.25, 0.3) is 5.91 Å². The quantitative estimate of drug-likeness (QED) is 0.879. The summed E-state index contributed by atoms with van der Waals surface area (Å²) in [6, 6.07) is 6.57. The van der Waals surface area contributed by atoms with Crippen LogP contribution in [0.4, 0.5) is 0 Å². The molecule has 1 aromatic heterocycles. The zero-order valence-corrected chi connectivity index (χ0v) is 11.5. The van der Waals surface area contributed by atoms with Crippen molar-refractivity contribution >= 4 is 16.9 Å². The number of furan rings is 1. The van der Waals surface area contributed by atoms with Gasteiger partial charge in [0.1, 0.15) is 5.58 Å². The van der Waals surface area contributed by atoms with Gasteiger partial charge in [-0.3, -0.25) is 4.79 Å². The molecule has 3 atom stereocenters. The average molecular weight is 270 g/mol. The Morgan fingerprint density at radius 2 is 2.30 bits per heavy atom. The number of aryl methyl sites for hydroxylation is 1. The predicted molar refractivity (Wildman–Crippen MR) is 76.7 cm³/mol. The van der Waals surface area contributed by atoms with Crippen LogP contribution in [0.5, 0.6) is 0 Å². The smallest absolute Gasteiger partial charge is 0.251 e. The molecule has 2 heterocycles. The molecule has 4 nitrogen and oxygen atoms in total. The van der Waals surface area contributed by atoms with E-state index in [1.54, 1.807) is 6.26 Å². The molecule has 2 N–H and O–H groups in total. The van der Waals surface area contributed by atoms with Gasteiger partial charge in [-0.05, 0) is 49.4 Å². The standard InChI is InChI=1S/C16H18N2O2/c1-9-8-20-15-3-2-10(5-13(9)15)16(19)18-14-6-12-4-11(14)7-17-12/h2-3,5,8,11-12,14,17H,4,6-7H2,1H3,(H,18,19). The fourth-order valence-corrected chi connectivity index (χ4v) is 3.56. The highest BCUT2D eigenvalue weighted by molar-refractivity contribution is 5.98. The van der Waals surface area contributed by atoms with Crippen LogP contribution in [0.15, 0.2) is 28.9 Å². The Balaban J connectivity index is 1.56. The highest BCUT2D eigenvalue weighted by Gasteiger charge is 2.40. The Hall–Kier alpha value is -1.81. The number of carbonyl (C=O) groups is 1. The summed E-state index contributed by atoms with van der Waals surface area (Å²) in [7, 11) is 0. The van der Waals surface area contributed by atoms with E-state index in [0.29, 0.717) is 18.0 Å². The monoisotopic (exact) mass is 270 g/mol. The lowest BCUT2D eigenvalue weighted by atomic mass is 10.0. The number of amides is 1. The molecule has 0 spiro atoms. The Bertz CT molecular complexity index is 676. The first kappa shape index (κ1) is 12.0. The zero-order valence-electron chi connectivity index (χ0n) is 11.5. The number of nitrogens with one attached hydrogen (secondary N) is 2. The molecule has 104 valence electrons. The van der Waals surface area contributed by atoms with Crippen LogP contribution in [0.1, 0.15) is 28.8 Å². The lowest BCUT2D eigenvalue weighted by Gasteiger charge is -2.23. The SMILES string of the molecule is Cc1coc2ccc(C(=O)NC3CC4CC3CN4)cc12. The maximum absolute atomic E-state index is 12.4. The minimum Gasteiger partial charge on any atom is -0.464 e. The van der Waals surface area contributed by atoms with Crippen molar-refractivity contribution in [3.8, 4) is 0 Å². The lowest BCUT2D eigenvalue weighted by Crippen LogP contribution is -2.44. The van der Waals surface area contributed by atoms with Crippen molar-refractivity contribution < 1.29 is 9.21 Å². The summed E-state index contributed by atoms with van der Waals surface area (Å²) in [6.45, 7) is 3.03. The first-order chi connectivity index (χ1) is 9.70. The zero-order chi connectivity index (χ0) is 13.7. The molecule has 2 aromatic rings. The van der Waals surface area contributed by atoms with Crippen LogP contribution in [0.25, 0.3) is 11.0 Å². The number of hydrogen-bond acceptors (Lipinski definition) is 3. The molecule has 2 fully saturated rings. The molecule has 20 heavy (non-hydrogen) atoms. The lowest BCUT2D eigenvalue weighted by molar-refractivity contribution is 0.0925. The number of piperidine rings is 1. The van der Waals surface area contributed by atoms with E-state index in [1.807, 2.05) is 25.1 Å². The van der Waals surface area contributed by atoms with E-state index in [1.165, 1.54) is 6.42 Å². The molecule has 1 aliphatic carbocycles. The summed E-state index contributed by atoms with van der Waals surface area (Å²) in [5, 5.41) is 7.68. The van der Waals surface area contributed by atoms with Crippen molar-refractivity contribution in [1.82, 2.24) is 10.6 Å². The van der Waals surface area contributed by atoms with E-state index in [-0.39, 0.29) is 5.91 Å². The van der Waals surface area contributed by atoms with Crippen molar-refractivity contribution in [3.63, 3.8) is 0 Å². The van der Waals surface area contributed by atoms with Crippen LogP contribution < -0.4 is 10.6 Å². The number of hydrogen-bond donors (Lipinski definition) is 2. The number of fused-ring (bicyclic) bond motifs is 3. The van der Waals surface area contributed by atoms with Crippen LogP contribution in [0.3, 0.4) is 0 Å². The average Bonchev–Trinajstić information content (AvgIpc) is 3.15. The van der Waals surface area contributed by atoms with E-state index >= 15 is 0 Å². The Labute approximate surface area is 117 Å². The fourth-order valence-electron chi connectivity index (χ4n) is 3.56. The minimum absolute atomic E-state index is 0.0325. The van der Waals surface area contributed by atoms with Crippen molar-refractivity contribution in [2.24, 2.45) is 5.92 Å². The van der Waals surface area contributed by atoms with Gasteiger partial charge in [-0.25, -0.2) is 0 Å². The van der Waals surface area contributed by atoms with E-state index < -0.39 is 0 Å². The van der Waals surface area contributed by atoms with Crippen molar-refractivity contribution in [2.75, 3.05) is 6.54 Å². The highest BCUT2D eigenvalue weighted by Crippen LogP contribution is 2.31. The van der Waals surface area contributed by atoms with Gasteiger partial charge in [0.15, 0.2) is 0 Å². The third-order valence-corrected chi connectivity index (χ3v) is 4.71. The van der Waals surface area contributed by atoms with E-state index in [0.717, 1.165) is 35.1 Å². The molecular formula is C16H18N2O2. The molecule has 1 saturated carbocycles. The highest BCUT2D eigenvalue weighted by atomic mass is 16.3. The topological polar surface area (TPSA) is 54.3 Å². The Morgan fingerprint density at radius 3 is 3.05 bits per heavy atom.